The Morgan fingerprint density at radius 3 is 3.00 bits per heavy atom. The molecule has 0 saturated carbocycles. The van der Waals surface area contributed by atoms with Crippen LogP contribution in [-0.4, -0.2) is 19.0 Å². The average Bonchev–Trinajstić information content (AvgIpc) is 1.90. The highest BCUT2D eigenvalue weighted by Crippen LogP contribution is 1.97. The van der Waals surface area contributed by atoms with Gasteiger partial charge in [0.15, 0.2) is 0 Å². The van der Waals surface area contributed by atoms with Crippen molar-refractivity contribution in [1.29, 1.82) is 0 Å². The molecule has 0 spiro atoms. The Morgan fingerprint density at radius 1 is 1.75 bits per heavy atom. The van der Waals surface area contributed by atoms with Crippen molar-refractivity contribution >= 4 is 12.5 Å². The lowest BCUT2D eigenvalue weighted by Gasteiger charge is -2.00. The second-order valence-corrected chi connectivity index (χ2v) is 1.70. The third kappa shape index (κ3) is 1.03. The van der Waals surface area contributed by atoms with Crippen molar-refractivity contribution in [3.8, 4) is 0 Å². The third-order valence-electron chi connectivity index (χ3n) is 1.04. The summed E-state index contributed by atoms with van der Waals surface area (Å²) in [4.78, 5) is 13.9. The molecule has 1 aliphatic rings. The van der Waals surface area contributed by atoms with Crippen LogP contribution in [0.4, 0.5) is 0 Å². The summed E-state index contributed by atoms with van der Waals surface area (Å²) in [7, 11) is 0. The van der Waals surface area contributed by atoms with Crippen LogP contribution in [0.15, 0.2) is 17.1 Å². The molecule has 1 heterocycles. The van der Waals surface area contributed by atoms with Crippen LogP contribution >= 0.6 is 0 Å². The van der Waals surface area contributed by atoms with Crippen LogP contribution in [0.2, 0.25) is 0 Å². The number of hydrogen-bond donors (Lipinski definition) is 0. The van der Waals surface area contributed by atoms with Gasteiger partial charge in [0.2, 0.25) is 0 Å². The molecule has 8 heavy (non-hydrogen) atoms. The minimum absolute atomic E-state index is 0.0278. The van der Waals surface area contributed by atoms with Gasteiger partial charge in [-0.15, -0.1) is 0 Å². The van der Waals surface area contributed by atoms with Gasteiger partial charge < -0.3 is 4.79 Å². The van der Waals surface area contributed by atoms with E-state index in [9.17, 15) is 4.79 Å². The fourth-order valence-corrected chi connectivity index (χ4v) is 0.585. The maximum atomic E-state index is 10.0. The molecule has 1 rings (SSSR count). The van der Waals surface area contributed by atoms with Crippen molar-refractivity contribution in [2.75, 3.05) is 6.54 Å². The minimum atomic E-state index is 0.0278. The van der Waals surface area contributed by atoms with Gasteiger partial charge in [-0.3, -0.25) is 4.99 Å². The average molecular weight is 109 g/mol. The molecule has 0 saturated heterocycles. The summed E-state index contributed by atoms with van der Waals surface area (Å²) in [5, 5.41) is 0. The first-order valence-electron chi connectivity index (χ1n) is 2.55. The summed E-state index contributed by atoms with van der Waals surface area (Å²) in [5.74, 6) is 0.0278. The SMILES string of the molecule is O=CC1C=CC=NC1. The molecule has 0 bridgehead atoms. The van der Waals surface area contributed by atoms with Crippen LogP contribution in [0.5, 0.6) is 0 Å². The van der Waals surface area contributed by atoms with Gasteiger partial charge in [0.05, 0.1) is 12.5 Å². The number of nitrogens with zero attached hydrogens (tertiary/aromatic N) is 1. The molecule has 1 aliphatic heterocycles. The molecule has 1 unspecified atom stereocenters. The van der Waals surface area contributed by atoms with E-state index < -0.39 is 0 Å². The Labute approximate surface area is 47.9 Å². The highest BCUT2D eigenvalue weighted by molar-refractivity contribution is 5.74. The minimum Gasteiger partial charge on any atom is -0.303 e. The Bertz CT molecular complexity index is 137. The summed E-state index contributed by atoms with van der Waals surface area (Å²) in [6, 6.07) is 0. The number of carbonyl (C=O) groups excluding carboxylic acids is 1. The standard InChI is InChI=1S/C6H7NO/c8-5-6-2-1-3-7-4-6/h1-3,5-6H,4H2. The van der Waals surface area contributed by atoms with Gasteiger partial charge in [0.1, 0.15) is 6.29 Å². The smallest absolute Gasteiger partial charge is 0.128 e. The number of allylic oxidation sites excluding steroid dienone is 1. The topological polar surface area (TPSA) is 29.4 Å². The van der Waals surface area contributed by atoms with Gasteiger partial charge in [0, 0.05) is 6.21 Å². The summed E-state index contributed by atoms with van der Waals surface area (Å²) >= 11 is 0. The van der Waals surface area contributed by atoms with Crippen molar-refractivity contribution in [3.63, 3.8) is 0 Å². The summed E-state index contributed by atoms with van der Waals surface area (Å²) < 4.78 is 0. The van der Waals surface area contributed by atoms with Crippen LogP contribution in [0.25, 0.3) is 0 Å². The summed E-state index contributed by atoms with van der Waals surface area (Å²) in [6.07, 6.45) is 6.26. The zero-order valence-corrected chi connectivity index (χ0v) is 4.45. The quantitative estimate of drug-likeness (QED) is 0.449. The number of aldehydes is 1. The van der Waals surface area contributed by atoms with E-state index in [1.54, 1.807) is 12.3 Å². The van der Waals surface area contributed by atoms with Crippen LogP contribution in [-0.2, 0) is 4.79 Å². The Kier molecular flexibility index (Phi) is 1.57. The predicted octanol–water partition coefficient (Wildman–Crippen LogP) is 0.442. The highest BCUT2D eigenvalue weighted by atomic mass is 16.1. The Balaban J connectivity index is 2.51. The number of dihydropyridines is 1. The van der Waals surface area contributed by atoms with E-state index in [4.69, 9.17) is 0 Å². The van der Waals surface area contributed by atoms with E-state index in [0.717, 1.165) is 6.29 Å². The molecule has 0 N–H and O–H groups in total. The second-order valence-electron chi connectivity index (χ2n) is 1.70. The molecule has 0 aliphatic carbocycles. The van der Waals surface area contributed by atoms with Gasteiger partial charge in [-0.25, -0.2) is 0 Å². The fraction of sp³-hybridized carbons (Fsp3) is 0.333. The lowest BCUT2D eigenvalue weighted by Crippen LogP contribution is -2.05. The highest BCUT2D eigenvalue weighted by Gasteiger charge is 2.00. The predicted molar refractivity (Wildman–Crippen MR) is 32.1 cm³/mol. The first kappa shape index (κ1) is 5.22. The van der Waals surface area contributed by atoms with E-state index in [-0.39, 0.29) is 5.92 Å². The van der Waals surface area contributed by atoms with Crippen LogP contribution in [0.1, 0.15) is 0 Å². The maximum Gasteiger partial charge on any atom is 0.128 e. The summed E-state index contributed by atoms with van der Waals surface area (Å²) in [5.41, 5.74) is 0. The van der Waals surface area contributed by atoms with Gasteiger partial charge in [-0.2, -0.15) is 0 Å². The van der Waals surface area contributed by atoms with Crippen molar-refractivity contribution in [2.24, 2.45) is 10.9 Å². The van der Waals surface area contributed by atoms with E-state index in [1.807, 2.05) is 6.08 Å². The molecule has 0 aromatic heterocycles. The first-order valence-corrected chi connectivity index (χ1v) is 2.55. The van der Waals surface area contributed by atoms with Crippen LogP contribution < -0.4 is 0 Å². The first-order chi connectivity index (χ1) is 3.93. The second kappa shape index (κ2) is 2.40. The molecule has 2 nitrogen and oxygen atoms in total. The van der Waals surface area contributed by atoms with E-state index in [0.29, 0.717) is 6.54 Å². The monoisotopic (exact) mass is 109 g/mol. The largest absolute Gasteiger partial charge is 0.303 e. The van der Waals surface area contributed by atoms with Crippen molar-refractivity contribution in [2.45, 2.75) is 0 Å². The third-order valence-corrected chi connectivity index (χ3v) is 1.04. The van der Waals surface area contributed by atoms with Gasteiger partial charge in [0.25, 0.3) is 0 Å². The van der Waals surface area contributed by atoms with Crippen molar-refractivity contribution in [1.82, 2.24) is 0 Å². The lowest BCUT2D eigenvalue weighted by molar-refractivity contribution is -0.109. The van der Waals surface area contributed by atoms with Crippen LogP contribution in [0, 0.1) is 5.92 Å². The molecule has 42 valence electrons. The van der Waals surface area contributed by atoms with Gasteiger partial charge >= 0.3 is 0 Å². The molecule has 0 aromatic rings. The molecular weight excluding hydrogens is 102 g/mol. The molecule has 0 radical (unpaired) electrons. The maximum absolute atomic E-state index is 10.0. The van der Waals surface area contributed by atoms with Crippen LogP contribution in [0.3, 0.4) is 0 Å². The summed E-state index contributed by atoms with van der Waals surface area (Å²) in [6.45, 7) is 0.625. The van der Waals surface area contributed by atoms with E-state index in [2.05, 4.69) is 4.99 Å². The number of aliphatic imine (C=N–C) groups is 1. The molecule has 1 atom stereocenters. The molecular formula is C6H7NO. The van der Waals surface area contributed by atoms with E-state index >= 15 is 0 Å². The lowest BCUT2D eigenvalue weighted by atomic mass is 10.1. The Morgan fingerprint density at radius 2 is 2.62 bits per heavy atom. The molecule has 0 amide bonds. The Hall–Kier alpha value is -0.920. The zero-order chi connectivity index (χ0) is 5.82. The van der Waals surface area contributed by atoms with Gasteiger partial charge in [-0.1, -0.05) is 6.08 Å². The zero-order valence-electron chi connectivity index (χ0n) is 4.45. The molecule has 0 fully saturated rings. The van der Waals surface area contributed by atoms with Crippen molar-refractivity contribution < 1.29 is 4.79 Å². The molecule has 0 aromatic carbocycles. The van der Waals surface area contributed by atoms with Gasteiger partial charge in [-0.05, 0) is 6.08 Å². The van der Waals surface area contributed by atoms with Crippen molar-refractivity contribution in [3.05, 3.63) is 12.2 Å². The number of hydrogen-bond acceptors (Lipinski definition) is 2. The normalized spacial score (nSPS) is 25.8. The fourth-order valence-electron chi connectivity index (χ4n) is 0.585. The van der Waals surface area contributed by atoms with E-state index in [1.165, 1.54) is 0 Å². The molecule has 2 heteroatoms. The number of carbonyl (C=O) groups is 1. The number of rotatable bonds is 1.